The molecular formula is C8H16CoN4O6. The molecule has 0 rings (SSSR count). The molecular weight excluding hydrogens is 307 g/mol. The molecule has 0 aromatic rings. The van der Waals surface area contributed by atoms with Gasteiger partial charge in [-0.3, -0.25) is 19.2 Å². The van der Waals surface area contributed by atoms with Crippen LogP contribution < -0.4 is 22.1 Å². The van der Waals surface area contributed by atoms with Crippen LogP contribution in [0, 0.1) is 0 Å². The molecule has 0 saturated heterocycles. The molecule has 113 valence electrons. The molecule has 1 radical (unpaired) electrons. The van der Waals surface area contributed by atoms with Crippen LogP contribution in [0.2, 0.25) is 0 Å². The summed E-state index contributed by atoms with van der Waals surface area (Å²) in [7, 11) is 0. The van der Waals surface area contributed by atoms with Gasteiger partial charge in [-0.1, -0.05) is 0 Å². The Hall–Kier alpha value is -1.69. The number of carbonyl (C=O) groups is 4. The van der Waals surface area contributed by atoms with Crippen LogP contribution in [-0.4, -0.2) is 60.1 Å². The summed E-state index contributed by atoms with van der Waals surface area (Å²) in [6.07, 6.45) is 0. The van der Waals surface area contributed by atoms with Gasteiger partial charge in [0.2, 0.25) is 11.8 Å². The molecule has 0 unspecified atom stereocenters. The average Bonchev–Trinajstić information content (AvgIpc) is 2.33. The van der Waals surface area contributed by atoms with Gasteiger partial charge in [0, 0.05) is 16.8 Å². The average molecular weight is 323 g/mol. The summed E-state index contributed by atoms with van der Waals surface area (Å²) < 4.78 is 0. The van der Waals surface area contributed by atoms with E-state index in [9.17, 15) is 19.2 Å². The molecule has 0 aromatic carbocycles. The van der Waals surface area contributed by atoms with Crippen LogP contribution in [0.25, 0.3) is 0 Å². The van der Waals surface area contributed by atoms with Crippen molar-refractivity contribution in [2.45, 2.75) is 0 Å². The first-order chi connectivity index (χ1) is 8.33. The second-order valence-corrected chi connectivity index (χ2v) is 2.75. The minimum atomic E-state index is -1.07. The molecule has 8 N–H and O–H groups in total. The van der Waals surface area contributed by atoms with Gasteiger partial charge in [0.15, 0.2) is 0 Å². The van der Waals surface area contributed by atoms with E-state index < -0.39 is 23.8 Å². The molecule has 11 heteroatoms. The number of carboxylic acid groups (broad SMARTS) is 2. The van der Waals surface area contributed by atoms with Crippen LogP contribution >= 0.6 is 0 Å². The predicted octanol–water partition coefficient (Wildman–Crippen LogP) is -3.71. The van der Waals surface area contributed by atoms with E-state index in [-0.39, 0.29) is 43.0 Å². The minimum absolute atomic E-state index is 0. The molecule has 0 heterocycles. The van der Waals surface area contributed by atoms with Gasteiger partial charge in [-0.25, -0.2) is 0 Å². The second-order valence-electron chi connectivity index (χ2n) is 2.75. The van der Waals surface area contributed by atoms with E-state index in [1.165, 1.54) is 0 Å². The zero-order chi connectivity index (χ0) is 14.6. The zero-order valence-electron chi connectivity index (χ0n) is 9.84. The van der Waals surface area contributed by atoms with Crippen LogP contribution in [0.15, 0.2) is 0 Å². The van der Waals surface area contributed by atoms with E-state index in [2.05, 4.69) is 10.6 Å². The zero-order valence-corrected chi connectivity index (χ0v) is 10.9. The summed E-state index contributed by atoms with van der Waals surface area (Å²) in [5.74, 6) is -3.07. The third-order valence-corrected chi connectivity index (χ3v) is 1.24. The summed E-state index contributed by atoms with van der Waals surface area (Å²) >= 11 is 0. The predicted molar refractivity (Wildman–Crippen MR) is 59.4 cm³/mol. The molecule has 0 aliphatic heterocycles. The molecule has 0 aromatic heterocycles. The maximum Gasteiger partial charge on any atom is 0.322 e. The largest absolute Gasteiger partial charge is 0.480 e. The van der Waals surface area contributed by atoms with E-state index in [4.69, 9.17) is 21.7 Å². The number of hydrogen-bond donors (Lipinski definition) is 6. The van der Waals surface area contributed by atoms with E-state index >= 15 is 0 Å². The minimum Gasteiger partial charge on any atom is -0.480 e. The van der Waals surface area contributed by atoms with Crippen LogP contribution in [0.3, 0.4) is 0 Å². The SMILES string of the molecule is NCC(=O)NCC(=O)O.NCC(=O)NCC(=O)O.[Co]. The van der Waals surface area contributed by atoms with Crippen molar-refractivity contribution < 1.29 is 46.2 Å². The van der Waals surface area contributed by atoms with Crippen molar-refractivity contribution in [1.29, 1.82) is 0 Å². The fourth-order valence-corrected chi connectivity index (χ4v) is 0.493. The fraction of sp³-hybridized carbons (Fsp3) is 0.500. The number of nitrogens with one attached hydrogen (secondary N) is 2. The molecule has 0 fully saturated rings. The van der Waals surface area contributed by atoms with Gasteiger partial charge in [0.05, 0.1) is 13.1 Å². The Labute approximate surface area is 119 Å². The molecule has 0 atom stereocenters. The fourth-order valence-electron chi connectivity index (χ4n) is 0.493. The van der Waals surface area contributed by atoms with Crippen molar-refractivity contribution in [2.24, 2.45) is 11.5 Å². The monoisotopic (exact) mass is 323 g/mol. The number of aliphatic carboxylic acids is 2. The van der Waals surface area contributed by atoms with Crippen molar-refractivity contribution in [3.05, 3.63) is 0 Å². The Kier molecular flexibility index (Phi) is 17.0. The molecule has 0 aliphatic rings. The summed E-state index contributed by atoms with van der Waals surface area (Å²) in [6, 6.07) is 0. The number of amides is 2. The van der Waals surface area contributed by atoms with Crippen LogP contribution in [0.5, 0.6) is 0 Å². The smallest absolute Gasteiger partial charge is 0.322 e. The summed E-state index contributed by atoms with van der Waals surface area (Å²) in [5.41, 5.74) is 9.71. The van der Waals surface area contributed by atoms with Gasteiger partial charge < -0.3 is 32.3 Å². The van der Waals surface area contributed by atoms with Crippen molar-refractivity contribution in [2.75, 3.05) is 26.2 Å². The van der Waals surface area contributed by atoms with Gasteiger partial charge >= 0.3 is 11.9 Å². The Bertz CT molecular complexity index is 282. The number of rotatable bonds is 6. The van der Waals surface area contributed by atoms with E-state index in [0.717, 1.165) is 0 Å². The van der Waals surface area contributed by atoms with Crippen LogP contribution in [0.4, 0.5) is 0 Å². The molecule has 0 spiro atoms. The molecule has 19 heavy (non-hydrogen) atoms. The summed E-state index contributed by atoms with van der Waals surface area (Å²) in [5, 5.41) is 20.1. The number of carboxylic acids is 2. The first-order valence-electron chi connectivity index (χ1n) is 4.70. The standard InChI is InChI=1S/2C4H8N2O3.Co/c2*5-1-3(7)6-2-4(8)9;/h2*1-2,5H2,(H,6,7)(H,8,9);. The quantitative estimate of drug-likeness (QED) is 0.288. The Morgan fingerprint density at radius 3 is 1.21 bits per heavy atom. The van der Waals surface area contributed by atoms with Crippen molar-refractivity contribution in [1.82, 2.24) is 10.6 Å². The van der Waals surface area contributed by atoms with Gasteiger partial charge in [-0.2, -0.15) is 0 Å². The number of nitrogens with two attached hydrogens (primary N) is 2. The first-order valence-corrected chi connectivity index (χ1v) is 4.70. The van der Waals surface area contributed by atoms with Crippen LogP contribution in [-0.2, 0) is 36.0 Å². The maximum absolute atomic E-state index is 10.2. The van der Waals surface area contributed by atoms with Gasteiger partial charge in [0.25, 0.3) is 0 Å². The van der Waals surface area contributed by atoms with Gasteiger partial charge in [0.1, 0.15) is 13.1 Å². The van der Waals surface area contributed by atoms with E-state index in [1.54, 1.807) is 0 Å². The van der Waals surface area contributed by atoms with E-state index in [0.29, 0.717) is 0 Å². The molecule has 2 amide bonds. The van der Waals surface area contributed by atoms with E-state index in [1.807, 2.05) is 0 Å². The van der Waals surface area contributed by atoms with Crippen LogP contribution in [0.1, 0.15) is 0 Å². The Balaban J connectivity index is -0.000000256. The third-order valence-electron chi connectivity index (χ3n) is 1.24. The molecule has 0 saturated carbocycles. The van der Waals surface area contributed by atoms with Gasteiger partial charge in [-0.15, -0.1) is 0 Å². The summed E-state index contributed by atoms with van der Waals surface area (Å²) in [6.45, 7) is -1.08. The Morgan fingerprint density at radius 1 is 0.789 bits per heavy atom. The Morgan fingerprint density at radius 2 is 1.05 bits per heavy atom. The van der Waals surface area contributed by atoms with Crippen molar-refractivity contribution >= 4 is 23.8 Å². The number of hydrogen-bond acceptors (Lipinski definition) is 6. The topological polar surface area (TPSA) is 185 Å². The van der Waals surface area contributed by atoms with Crippen molar-refractivity contribution in [3.8, 4) is 0 Å². The normalized spacial score (nSPS) is 8.11. The van der Waals surface area contributed by atoms with Gasteiger partial charge in [-0.05, 0) is 0 Å². The second kappa shape index (κ2) is 14.4. The maximum atomic E-state index is 10.2. The molecule has 0 bridgehead atoms. The molecule has 10 nitrogen and oxygen atoms in total. The summed E-state index contributed by atoms with van der Waals surface area (Å²) in [4.78, 5) is 40.0. The van der Waals surface area contributed by atoms with Crippen molar-refractivity contribution in [3.63, 3.8) is 0 Å². The third kappa shape index (κ3) is 22.0. The first kappa shape index (κ1) is 22.5. The molecule has 0 aliphatic carbocycles. The number of carbonyl (C=O) groups excluding carboxylic acids is 2.